The van der Waals surface area contributed by atoms with E-state index in [1.165, 1.54) is 0 Å². The number of H-pyrrole nitrogens is 2. The molecule has 0 spiro atoms. The Balaban J connectivity index is 1.49. The highest BCUT2D eigenvalue weighted by Crippen LogP contribution is 2.22. The lowest BCUT2D eigenvalue weighted by Gasteiger charge is -2.28. The largest absolute Gasteiger partial charge is 0.480 e. The number of carbonyl (C=O) groups excluding carboxylic acids is 6. The Morgan fingerprint density at radius 2 is 0.726 bits per heavy atom. The van der Waals surface area contributed by atoms with Crippen LogP contribution < -0.4 is 83.5 Å². The Morgan fingerprint density at radius 3 is 1.13 bits per heavy atom. The van der Waals surface area contributed by atoms with Crippen molar-refractivity contribution in [1.82, 2.24) is 41.9 Å². The third-order valence-corrected chi connectivity index (χ3v) is 13.4. The quantitative estimate of drug-likeness (QED) is 0.0111. The van der Waals surface area contributed by atoms with Crippen LogP contribution >= 0.6 is 0 Å². The number of amides is 6. The smallest absolute Gasteiger partial charge is 0.326 e. The van der Waals surface area contributed by atoms with Crippen LogP contribution in [0.3, 0.4) is 0 Å². The van der Waals surface area contributed by atoms with E-state index in [-0.39, 0.29) is 114 Å². The molecule has 6 amide bonds. The van der Waals surface area contributed by atoms with Gasteiger partial charge in [0.25, 0.3) is 0 Å². The molecule has 0 radical (unpaired) electrons. The minimum absolute atomic E-state index is 0.00146. The zero-order chi connectivity index (χ0) is 61.1. The van der Waals surface area contributed by atoms with Crippen LogP contribution in [0.4, 0.5) is 0 Å². The molecule has 0 unspecified atom stereocenters. The van der Waals surface area contributed by atoms with Crippen molar-refractivity contribution in [3.63, 3.8) is 0 Å². The predicted molar refractivity (Wildman–Crippen MR) is 321 cm³/mol. The number of fused-ring (bicyclic) bond motifs is 2. The van der Waals surface area contributed by atoms with Gasteiger partial charge >= 0.3 is 5.97 Å². The van der Waals surface area contributed by atoms with Gasteiger partial charge in [0.2, 0.25) is 35.4 Å². The number of hydrogen-bond acceptors (Lipinski definition) is 12. The second kappa shape index (κ2) is 33.1. The van der Waals surface area contributed by atoms with Gasteiger partial charge in [-0.05, 0) is 80.2 Å². The Hall–Kier alpha value is -9.93. The summed E-state index contributed by atoms with van der Waals surface area (Å²) in [5.74, 6) is -6.83. The van der Waals surface area contributed by atoms with Crippen LogP contribution in [-0.4, -0.2) is 149 Å². The first-order valence-corrected chi connectivity index (χ1v) is 27.3. The fourth-order valence-electron chi connectivity index (χ4n) is 9.11. The number of nitrogens with zero attached hydrogens (tertiary/aromatic N) is 4. The molecule has 29 heteroatoms. The molecule has 0 saturated carbocycles. The molecule has 7 atom stereocenters. The fourth-order valence-corrected chi connectivity index (χ4v) is 9.11. The summed E-state index contributed by atoms with van der Waals surface area (Å²) in [6.07, 6.45) is 3.92. The van der Waals surface area contributed by atoms with Crippen LogP contribution in [0.25, 0.3) is 21.8 Å². The number of aromatic amines is 2. The van der Waals surface area contributed by atoms with Crippen LogP contribution in [-0.2, 0) is 52.8 Å². The third kappa shape index (κ3) is 21.5. The van der Waals surface area contributed by atoms with E-state index >= 15 is 9.59 Å². The maximum Gasteiger partial charge on any atom is 0.326 e. The predicted octanol–water partition coefficient (Wildman–Crippen LogP) is -2.79. The SMILES string of the molecule is NC(N)=NCCC[C@H](NC(=O)[C@H](Cc1c[nH]c2ccccc12)NC(=O)[C@H](Cc1c[nH]c2ccccc12)NC(=O)[C@H](Cc1ccccc1)NC(=O)[C@H](CCCN=C(N)N)NC(=O)[C@H](CCCN=C(N)N)NC(=O)[C@@H](N)CCCN=C(N)N)C(=O)O. The first kappa shape index (κ1) is 64.9. The molecule has 5 rings (SSSR count). The van der Waals surface area contributed by atoms with E-state index in [1.54, 1.807) is 54.9 Å². The molecule has 0 fully saturated rings. The van der Waals surface area contributed by atoms with Crippen LogP contribution in [0.15, 0.2) is 111 Å². The lowest BCUT2D eigenvalue weighted by molar-refractivity contribution is -0.142. The summed E-state index contributed by atoms with van der Waals surface area (Å²) >= 11 is 0. The molecule has 5 aromatic rings. The summed E-state index contributed by atoms with van der Waals surface area (Å²) in [5.41, 5.74) is 53.5. The number of aliphatic imine (C=N–C) groups is 4. The van der Waals surface area contributed by atoms with E-state index in [9.17, 15) is 29.1 Å². The monoisotopic (exact) mass is 1160 g/mol. The highest BCUT2D eigenvalue weighted by molar-refractivity contribution is 5.98. The molecule has 0 aliphatic rings. The van der Waals surface area contributed by atoms with E-state index in [1.807, 2.05) is 36.4 Å². The van der Waals surface area contributed by atoms with Crippen molar-refractivity contribution in [3.8, 4) is 0 Å². The lowest BCUT2D eigenvalue weighted by Crippen LogP contribution is -2.60. The summed E-state index contributed by atoms with van der Waals surface area (Å²) < 4.78 is 0. The molecule has 2 heterocycles. The maximum atomic E-state index is 15.1. The maximum absolute atomic E-state index is 15.1. The Morgan fingerprint density at radius 1 is 0.405 bits per heavy atom. The number of nitrogens with two attached hydrogens (primary N) is 9. The molecule has 27 N–H and O–H groups in total. The van der Waals surface area contributed by atoms with Crippen LogP contribution in [0.5, 0.6) is 0 Å². The van der Waals surface area contributed by atoms with Gasteiger partial charge in [-0.2, -0.15) is 0 Å². The molecule has 3 aromatic carbocycles. The van der Waals surface area contributed by atoms with Gasteiger partial charge < -0.3 is 98.6 Å². The van der Waals surface area contributed by atoms with Gasteiger partial charge in [-0.3, -0.25) is 48.7 Å². The normalized spacial score (nSPS) is 13.5. The average molecular weight is 1160 g/mol. The summed E-state index contributed by atoms with van der Waals surface area (Å²) in [6, 6.07) is 13.9. The topological polar surface area (TPSA) is 527 Å². The van der Waals surface area contributed by atoms with E-state index in [0.717, 1.165) is 21.8 Å². The van der Waals surface area contributed by atoms with Gasteiger partial charge in [0.1, 0.15) is 36.3 Å². The summed E-state index contributed by atoms with van der Waals surface area (Å²) in [5, 5.41) is 28.1. The number of rotatable bonds is 35. The molecule has 2 aromatic heterocycles. The number of nitrogens with one attached hydrogen (secondary N) is 8. The van der Waals surface area contributed by atoms with Crippen molar-refractivity contribution in [1.29, 1.82) is 0 Å². The van der Waals surface area contributed by atoms with Crippen LogP contribution in [0.2, 0.25) is 0 Å². The third-order valence-electron chi connectivity index (χ3n) is 13.4. The van der Waals surface area contributed by atoms with Crippen molar-refractivity contribution >= 4 is 87.1 Å². The number of guanidine groups is 4. The van der Waals surface area contributed by atoms with Gasteiger partial charge in [0.15, 0.2) is 23.8 Å². The molecular weight excluding hydrogens is 1080 g/mol. The number of para-hydroxylation sites is 2. The first-order valence-electron chi connectivity index (χ1n) is 27.3. The lowest BCUT2D eigenvalue weighted by atomic mass is 10.00. The van der Waals surface area contributed by atoms with E-state index < -0.39 is 83.7 Å². The van der Waals surface area contributed by atoms with E-state index in [4.69, 9.17) is 51.6 Å². The molecule has 0 aliphatic heterocycles. The minimum atomic E-state index is -1.45. The second-order valence-electron chi connectivity index (χ2n) is 19.9. The Bertz CT molecular complexity index is 3130. The zero-order valence-corrected chi connectivity index (χ0v) is 46.6. The van der Waals surface area contributed by atoms with Crippen molar-refractivity contribution in [2.75, 3.05) is 26.2 Å². The van der Waals surface area contributed by atoms with Crippen LogP contribution in [0.1, 0.15) is 68.1 Å². The average Bonchev–Trinajstić information content (AvgIpc) is 3.64. The van der Waals surface area contributed by atoms with Gasteiger partial charge in [0.05, 0.1) is 6.04 Å². The van der Waals surface area contributed by atoms with Crippen molar-refractivity contribution in [3.05, 3.63) is 108 Å². The number of carbonyl (C=O) groups is 7. The Kier molecular flexibility index (Phi) is 25.6. The highest BCUT2D eigenvalue weighted by Gasteiger charge is 2.35. The zero-order valence-electron chi connectivity index (χ0n) is 46.6. The molecule has 452 valence electrons. The fraction of sp³-hybridized carbons (Fsp3) is 0.400. The van der Waals surface area contributed by atoms with Crippen molar-refractivity contribution in [2.24, 2.45) is 71.6 Å². The molecule has 84 heavy (non-hydrogen) atoms. The highest BCUT2D eigenvalue weighted by atomic mass is 16.4. The minimum Gasteiger partial charge on any atom is -0.480 e. The first-order chi connectivity index (χ1) is 40.2. The van der Waals surface area contributed by atoms with Gasteiger partial charge in [-0.25, -0.2) is 4.79 Å². The van der Waals surface area contributed by atoms with Crippen molar-refractivity contribution < 1.29 is 38.7 Å². The number of benzene rings is 3. The van der Waals surface area contributed by atoms with Crippen molar-refractivity contribution in [2.45, 2.75) is 113 Å². The van der Waals surface area contributed by atoms with Gasteiger partial charge in [-0.15, -0.1) is 0 Å². The number of carboxylic acids is 1. The molecular formula is C55H79N21O8. The number of carboxylic acid groups (broad SMARTS) is 1. The number of aliphatic carboxylic acids is 1. The molecule has 0 aliphatic carbocycles. The van der Waals surface area contributed by atoms with E-state index in [0.29, 0.717) is 23.1 Å². The summed E-state index contributed by atoms with van der Waals surface area (Å²) in [7, 11) is 0. The summed E-state index contributed by atoms with van der Waals surface area (Å²) in [6.45, 7) is 0.438. The van der Waals surface area contributed by atoms with Gasteiger partial charge in [-0.1, -0.05) is 66.7 Å². The number of hydrogen-bond donors (Lipinski definition) is 18. The van der Waals surface area contributed by atoms with E-state index in [2.05, 4.69) is 61.8 Å². The molecule has 0 saturated heterocycles. The van der Waals surface area contributed by atoms with Crippen LogP contribution in [0, 0.1) is 0 Å². The van der Waals surface area contributed by atoms with Gasteiger partial charge in [0, 0.05) is 79.6 Å². The second-order valence-corrected chi connectivity index (χ2v) is 19.9. The Labute approximate surface area is 484 Å². The number of aromatic nitrogens is 2. The standard InChI is InChI=1S/C55H79N21O8/c56-36(16-8-22-65-52(57)58)45(77)71-39(19-9-23-66-53(59)60)46(78)72-40(20-10-24-67-54(61)62)47(79)74-42(26-31-12-2-1-3-13-31)48(80)75-44(28-33-30-70-38-18-7-5-15-35(33)38)50(82)76-43(27-32-29-69-37-17-6-4-14-34(32)37)49(81)73-41(51(83)84)21-11-25-68-55(63)64/h1-7,12-15,17-18,29-30,36,39-44,69-70H,8-11,16,19-28,56H2,(H,71,77)(H,72,78)(H,73,81)(H,74,79)(H,75,80)(H,76,82)(H,83,84)(H4,57,58,65)(H4,59,60,66)(H4,61,62,67)(H4,63,64,68)/t36-,39-,40-,41-,42-,43-,44-/m0/s1. The molecule has 29 nitrogen and oxygen atoms in total. The molecule has 0 bridgehead atoms. The summed E-state index contributed by atoms with van der Waals surface area (Å²) in [4.78, 5) is 122.